The first kappa shape index (κ1) is 11.9. The highest BCUT2D eigenvalue weighted by Crippen LogP contribution is 2.26. The van der Waals surface area contributed by atoms with Gasteiger partial charge in [-0.2, -0.15) is 0 Å². The lowest BCUT2D eigenvalue weighted by molar-refractivity contribution is 0.467. The Morgan fingerprint density at radius 2 is 1.81 bits per heavy atom. The van der Waals surface area contributed by atoms with Crippen LogP contribution in [0.5, 0.6) is 5.75 Å². The summed E-state index contributed by atoms with van der Waals surface area (Å²) in [7, 11) is 0. The fraction of sp³-hybridized carbons (Fsp3) is 0.0588. The molecule has 0 aliphatic heterocycles. The van der Waals surface area contributed by atoms with E-state index in [2.05, 4.69) is 16.3 Å². The van der Waals surface area contributed by atoms with Crippen LogP contribution in [0.15, 0.2) is 54.6 Å². The fourth-order valence-electron chi connectivity index (χ4n) is 2.56. The predicted molar refractivity (Wildman–Crippen MR) is 82.8 cm³/mol. The highest BCUT2D eigenvalue weighted by Gasteiger charge is 2.10. The first-order chi connectivity index (χ1) is 10.2. The van der Waals surface area contributed by atoms with Gasteiger partial charge in [0.1, 0.15) is 22.5 Å². The molecule has 4 nitrogen and oxygen atoms in total. The zero-order valence-electron chi connectivity index (χ0n) is 11.5. The lowest BCUT2D eigenvalue weighted by atomic mass is 10.1. The Hall–Kier alpha value is -2.88. The highest BCUT2D eigenvalue weighted by molar-refractivity contribution is 6.03. The molecule has 0 radical (unpaired) electrons. The lowest BCUT2D eigenvalue weighted by Gasteiger charge is -2.03. The summed E-state index contributed by atoms with van der Waals surface area (Å²) in [6.45, 7) is 1.93. The molecule has 4 aromatic rings. The second-order valence-electron chi connectivity index (χ2n) is 5.14. The Morgan fingerprint density at radius 1 is 0.952 bits per heavy atom. The van der Waals surface area contributed by atoms with Gasteiger partial charge < -0.3 is 5.11 Å². The van der Waals surface area contributed by atoms with E-state index in [1.54, 1.807) is 6.07 Å². The van der Waals surface area contributed by atoms with Crippen LogP contribution in [0.2, 0.25) is 0 Å². The molecule has 21 heavy (non-hydrogen) atoms. The van der Waals surface area contributed by atoms with E-state index in [1.807, 2.05) is 49.4 Å². The molecule has 3 aromatic carbocycles. The summed E-state index contributed by atoms with van der Waals surface area (Å²) in [5, 5.41) is 21.3. The van der Waals surface area contributed by atoms with Crippen LogP contribution in [-0.2, 0) is 0 Å². The van der Waals surface area contributed by atoms with Crippen molar-refractivity contribution in [3.63, 3.8) is 0 Å². The van der Waals surface area contributed by atoms with Gasteiger partial charge in [-0.25, -0.2) is 0 Å². The SMILES string of the molecule is Cc1ccc(-n2nc3ccc4ccccc4c3n2)c(O)c1. The molecule has 0 amide bonds. The van der Waals surface area contributed by atoms with Gasteiger partial charge in [0.25, 0.3) is 0 Å². The maximum absolute atomic E-state index is 10.1. The smallest absolute Gasteiger partial charge is 0.143 e. The van der Waals surface area contributed by atoms with Crippen molar-refractivity contribution in [2.75, 3.05) is 0 Å². The maximum atomic E-state index is 10.1. The van der Waals surface area contributed by atoms with Gasteiger partial charge in [-0.15, -0.1) is 15.0 Å². The van der Waals surface area contributed by atoms with Gasteiger partial charge >= 0.3 is 0 Å². The summed E-state index contributed by atoms with van der Waals surface area (Å²) < 4.78 is 0. The summed E-state index contributed by atoms with van der Waals surface area (Å²) in [5.74, 6) is 0.180. The average molecular weight is 275 g/mol. The van der Waals surface area contributed by atoms with Gasteiger partial charge in [0.05, 0.1) is 0 Å². The predicted octanol–water partition coefficient (Wildman–Crippen LogP) is 3.59. The van der Waals surface area contributed by atoms with Crippen LogP contribution in [0, 0.1) is 6.92 Å². The first-order valence-electron chi connectivity index (χ1n) is 6.77. The molecule has 1 N–H and O–H groups in total. The Bertz CT molecular complexity index is 972. The summed E-state index contributed by atoms with van der Waals surface area (Å²) in [5.41, 5.74) is 3.24. The first-order valence-corrected chi connectivity index (χ1v) is 6.77. The van der Waals surface area contributed by atoms with Gasteiger partial charge in [0, 0.05) is 5.39 Å². The summed E-state index contributed by atoms with van der Waals surface area (Å²) >= 11 is 0. The van der Waals surface area contributed by atoms with E-state index in [0.29, 0.717) is 5.69 Å². The number of rotatable bonds is 1. The van der Waals surface area contributed by atoms with E-state index in [-0.39, 0.29) is 5.75 Å². The van der Waals surface area contributed by atoms with E-state index in [1.165, 1.54) is 4.80 Å². The van der Waals surface area contributed by atoms with Gasteiger partial charge in [0.15, 0.2) is 0 Å². The highest BCUT2D eigenvalue weighted by atomic mass is 16.3. The van der Waals surface area contributed by atoms with Crippen molar-refractivity contribution >= 4 is 21.8 Å². The van der Waals surface area contributed by atoms with Gasteiger partial charge in [0.2, 0.25) is 0 Å². The van der Waals surface area contributed by atoms with Crippen LogP contribution in [0.1, 0.15) is 5.56 Å². The summed E-state index contributed by atoms with van der Waals surface area (Å²) in [6.07, 6.45) is 0. The van der Waals surface area contributed by atoms with Gasteiger partial charge in [-0.3, -0.25) is 0 Å². The standard InChI is InChI=1S/C17H13N3O/c1-11-6-9-15(16(21)10-11)20-18-14-8-7-12-4-2-3-5-13(12)17(14)19-20/h2-10,21H,1H3. The summed E-state index contributed by atoms with van der Waals surface area (Å²) in [6, 6.07) is 17.5. The van der Waals surface area contributed by atoms with Crippen LogP contribution in [0.3, 0.4) is 0 Å². The van der Waals surface area contributed by atoms with Crippen molar-refractivity contribution in [3.8, 4) is 11.4 Å². The Morgan fingerprint density at radius 3 is 2.67 bits per heavy atom. The Labute approximate surface area is 121 Å². The molecule has 0 spiro atoms. The molecule has 4 rings (SSSR count). The van der Waals surface area contributed by atoms with E-state index < -0.39 is 0 Å². The number of phenols is 1. The Balaban J connectivity index is 2.00. The monoisotopic (exact) mass is 275 g/mol. The van der Waals surface area contributed by atoms with Crippen molar-refractivity contribution < 1.29 is 5.11 Å². The third-order valence-electron chi connectivity index (χ3n) is 3.62. The molecule has 1 heterocycles. The van der Waals surface area contributed by atoms with E-state index in [0.717, 1.165) is 27.4 Å². The van der Waals surface area contributed by atoms with Gasteiger partial charge in [-0.05, 0) is 36.1 Å². The van der Waals surface area contributed by atoms with Crippen molar-refractivity contribution in [2.45, 2.75) is 6.92 Å². The zero-order chi connectivity index (χ0) is 14.4. The molecule has 0 saturated heterocycles. The number of phenolic OH excluding ortho intramolecular Hbond substituents is 1. The Kier molecular flexibility index (Phi) is 2.44. The number of benzene rings is 3. The molecule has 0 fully saturated rings. The minimum absolute atomic E-state index is 0.180. The fourth-order valence-corrected chi connectivity index (χ4v) is 2.56. The number of aromatic nitrogens is 3. The molecule has 0 atom stereocenters. The van der Waals surface area contributed by atoms with Gasteiger partial charge in [-0.1, -0.05) is 36.4 Å². The zero-order valence-corrected chi connectivity index (χ0v) is 11.5. The maximum Gasteiger partial charge on any atom is 0.143 e. The molecule has 4 heteroatoms. The largest absolute Gasteiger partial charge is 0.506 e. The van der Waals surface area contributed by atoms with E-state index in [9.17, 15) is 5.11 Å². The van der Waals surface area contributed by atoms with Crippen LogP contribution in [-0.4, -0.2) is 20.1 Å². The second kappa shape index (κ2) is 4.31. The molecule has 0 aliphatic carbocycles. The van der Waals surface area contributed by atoms with E-state index >= 15 is 0 Å². The average Bonchev–Trinajstić information content (AvgIpc) is 2.91. The van der Waals surface area contributed by atoms with Crippen molar-refractivity contribution in [1.82, 2.24) is 15.0 Å². The minimum atomic E-state index is 0.180. The molecule has 0 unspecified atom stereocenters. The van der Waals surface area contributed by atoms with Crippen molar-refractivity contribution in [3.05, 3.63) is 60.2 Å². The molecule has 0 aliphatic rings. The topological polar surface area (TPSA) is 50.9 Å². The number of hydrogen-bond acceptors (Lipinski definition) is 3. The third kappa shape index (κ3) is 1.84. The number of hydrogen-bond donors (Lipinski definition) is 1. The van der Waals surface area contributed by atoms with Crippen molar-refractivity contribution in [2.24, 2.45) is 0 Å². The lowest BCUT2D eigenvalue weighted by Crippen LogP contribution is -1.98. The van der Waals surface area contributed by atoms with Crippen LogP contribution < -0.4 is 0 Å². The summed E-state index contributed by atoms with van der Waals surface area (Å²) in [4.78, 5) is 1.49. The molecule has 1 aromatic heterocycles. The minimum Gasteiger partial charge on any atom is -0.506 e. The number of nitrogens with zero attached hydrogens (tertiary/aromatic N) is 3. The second-order valence-corrected chi connectivity index (χ2v) is 5.14. The molecule has 0 bridgehead atoms. The number of fused-ring (bicyclic) bond motifs is 3. The van der Waals surface area contributed by atoms with Crippen LogP contribution in [0.25, 0.3) is 27.5 Å². The third-order valence-corrected chi connectivity index (χ3v) is 3.62. The number of aromatic hydroxyl groups is 1. The normalized spacial score (nSPS) is 11.3. The molecule has 0 saturated carbocycles. The quantitative estimate of drug-likeness (QED) is 0.577. The molecular weight excluding hydrogens is 262 g/mol. The molecular formula is C17H13N3O. The molecule has 102 valence electrons. The van der Waals surface area contributed by atoms with Crippen molar-refractivity contribution in [1.29, 1.82) is 0 Å². The van der Waals surface area contributed by atoms with E-state index in [4.69, 9.17) is 0 Å². The number of aryl methyl sites for hydroxylation is 1. The van der Waals surface area contributed by atoms with Crippen LogP contribution >= 0.6 is 0 Å². The van der Waals surface area contributed by atoms with Crippen LogP contribution in [0.4, 0.5) is 0 Å².